The Hall–Kier alpha value is -3.08. The molecule has 0 radical (unpaired) electrons. The largest absolute Gasteiger partial charge is 0.420 e. The second-order valence-electron chi connectivity index (χ2n) is 6.54. The third kappa shape index (κ3) is 5.25. The Morgan fingerprint density at radius 1 is 1.24 bits per heavy atom. The van der Waals surface area contributed by atoms with Crippen LogP contribution in [0.5, 0.6) is 0 Å². The molecule has 2 aromatic rings. The highest BCUT2D eigenvalue weighted by Gasteiger charge is 2.58. The molecule has 2 aromatic heterocycles. The maximum Gasteiger partial charge on any atom is 0.420 e. The van der Waals surface area contributed by atoms with E-state index in [2.05, 4.69) is 20.3 Å². The van der Waals surface area contributed by atoms with Crippen LogP contribution in [0.3, 0.4) is 0 Å². The van der Waals surface area contributed by atoms with Gasteiger partial charge >= 0.3 is 6.18 Å². The van der Waals surface area contributed by atoms with Gasteiger partial charge in [0, 0.05) is 30.9 Å². The van der Waals surface area contributed by atoms with Gasteiger partial charge in [-0.1, -0.05) is 6.92 Å². The fourth-order valence-electron chi connectivity index (χ4n) is 2.41. The molecule has 2 rings (SSSR count). The summed E-state index contributed by atoms with van der Waals surface area (Å²) in [5.41, 5.74) is -0.598. The Balaban J connectivity index is 2.32. The number of nitrogens with one attached hydrogen (secondary N) is 2. The molecule has 2 unspecified atom stereocenters. The number of anilines is 1. The van der Waals surface area contributed by atoms with E-state index in [4.69, 9.17) is 4.84 Å². The number of alkyl halides is 3. The number of hydrogen-bond acceptors (Lipinski definition) is 6. The molecule has 0 saturated heterocycles. The summed E-state index contributed by atoms with van der Waals surface area (Å²) in [6, 6.07) is 4.20. The average molecular weight is 411 g/mol. The molecule has 0 aliphatic carbocycles. The van der Waals surface area contributed by atoms with Crippen LogP contribution in [-0.4, -0.2) is 38.5 Å². The molecule has 0 bridgehead atoms. The van der Waals surface area contributed by atoms with Gasteiger partial charge in [-0.25, -0.2) is 15.4 Å². The number of hydroxylamine groups is 1. The standard InChI is InChI=1S/C18H20F3N5O3/c1-10-8-14(25-16(23-10)24-12(3)27)11(2)17(4,18(19,20)21)29-26-15(28)13-6-5-7-22-9-13/h5-9,11H,1-4H3,(H,26,28)(H,23,24,25,27). The third-order valence-electron chi connectivity index (χ3n) is 4.27. The lowest BCUT2D eigenvalue weighted by atomic mass is 9.87. The lowest BCUT2D eigenvalue weighted by Crippen LogP contribution is -2.53. The molecule has 0 fully saturated rings. The van der Waals surface area contributed by atoms with E-state index in [0.29, 0.717) is 5.69 Å². The number of carbonyl (C=O) groups is 2. The zero-order valence-electron chi connectivity index (χ0n) is 16.2. The monoisotopic (exact) mass is 411 g/mol. The number of carbonyl (C=O) groups excluding carboxylic acids is 2. The first-order chi connectivity index (χ1) is 13.4. The van der Waals surface area contributed by atoms with E-state index in [1.54, 1.807) is 6.92 Å². The normalized spacial score (nSPS) is 14.6. The molecule has 0 aliphatic rings. The third-order valence-corrected chi connectivity index (χ3v) is 4.27. The van der Waals surface area contributed by atoms with Crippen LogP contribution in [0.2, 0.25) is 0 Å². The van der Waals surface area contributed by atoms with E-state index in [1.807, 2.05) is 5.48 Å². The van der Waals surface area contributed by atoms with Crippen molar-refractivity contribution in [3.05, 3.63) is 47.5 Å². The molecule has 29 heavy (non-hydrogen) atoms. The fraction of sp³-hybridized carbons (Fsp3) is 0.389. The Labute approximate surface area is 164 Å². The van der Waals surface area contributed by atoms with Gasteiger partial charge in [0.1, 0.15) is 0 Å². The minimum atomic E-state index is -4.86. The minimum absolute atomic E-state index is 0.0169. The highest BCUT2D eigenvalue weighted by Crippen LogP contribution is 2.43. The van der Waals surface area contributed by atoms with Crippen LogP contribution >= 0.6 is 0 Å². The van der Waals surface area contributed by atoms with E-state index in [9.17, 15) is 22.8 Å². The molecule has 0 saturated carbocycles. The molecule has 156 valence electrons. The summed E-state index contributed by atoms with van der Waals surface area (Å²) in [5, 5.41) is 2.34. The van der Waals surface area contributed by atoms with Crippen LogP contribution in [0.15, 0.2) is 30.6 Å². The Bertz CT molecular complexity index is 892. The summed E-state index contributed by atoms with van der Waals surface area (Å²) >= 11 is 0. The van der Waals surface area contributed by atoms with Gasteiger partial charge in [0.15, 0.2) is 5.60 Å². The van der Waals surface area contributed by atoms with Gasteiger partial charge in [-0.3, -0.25) is 24.7 Å². The lowest BCUT2D eigenvalue weighted by Gasteiger charge is -2.36. The molecule has 0 aliphatic heterocycles. The number of halogens is 3. The van der Waals surface area contributed by atoms with Crippen molar-refractivity contribution >= 4 is 17.8 Å². The van der Waals surface area contributed by atoms with Crippen molar-refractivity contribution in [2.45, 2.75) is 45.4 Å². The number of amides is 2. The predicted octanol–water partition coefficient (Wildman–Crippen LogP) is 2.92. The summed E-state index contributed by atoms with van der Waals surface area (Å²) in [6.07, 6.45) is -2.24. The summed E-state index contributed by atoms with van der Waals surface area (Å²) in [7, 11) is 0. The second kappa shape index (κ2) is 8.52. The molecule has 11 heteroatoms. The zero-order chi connectivity index (χ0) is 21.8. The first-order valence-electron chi connectivity index (χ1n) is 8.52. The molecule has 0 spiro atoms. The van der Waals surface area contributed by atoms with Gasteiger partial charge in [-0.2, -0.15) is 13.2 Å². The van der Waals surface area contributed by atoms with Crippen LogP contribution < -0.4 is 10.8 Å². The molecule has 2 atom stereocenters. The van der Waals surface area contributed by atoms with Crippen LogP contribution in [0.4, 0.5) is 19.1 Å². The molecular formula is C18H20F3N5O3. The number of hydrogen-bond donors (Lipinski definition) is 2. The summed E-state index contributed by atoms with van der Waals surface area (Å²) in [6.45, 7) is 4.84. The molecule has 0 aromatic carbocycles. The quantitative estimate of drug-likeness (QED) is 0.708. The SMILES string of the molecule is CC(=O)Nc1nc(C)cc(C(C)C(C)(ONC(=O)c2cccnc2)C(F)(F)F)n1. The van der Waals surface area contributed by atoms with Crippen LogP contribution in [0.25, 0.3) is 0 Å². The lowest BCUT2D eigenvalue weighted by molar-refractivity contribution is -0.291. The molecule has 2 N–H and O–H groups in total. The average Bonchev–Trinajstić information content (AvgIpc) is 2.64. The molecule has 2 amide bonds. The number of nitrogens with zero attached hydrogens (tertiary/aromatic N) is 3. The molecular weight excluding hydrogens is 391 g/mol. The van der Waals surface area contributed by atoms with Crippen molar-refractivity contribution in [1.29, 1.82) is 0 Å². The van der Waals surface area contributed by atoms with E-state index in [0.717, 1.165) is 6.92 Å². The maximum absolute atomic E-state index is 13.9. The molecule has 8 nitrogen and oxygen atoms in total. The maximum atomic E-state index is 13.9. The number of aromatic nitrogens is 3. The Kier molecular flexibility index (Phi) is 6.52. The number of aryl methyl sites for hydroxylation is 1. The van der Waals surface area contributed by atoms with E-state index < -0.39 is 29.5 Å². The van der Waals surface area contributed by atoms with Gasteiger partial charge in [0.05, 0.1) is 11.3 Å². The highest BCUT2D eigenvalue weighted by molar-refractivity contribution is 5.93. The summed E-state index contributed by atoms with van der Waals surface area (Å²) in [4.78, 5) is 39.9. The van der Waals surface area contributed by atoms with Gasteiger partial charge < -0.3 is 0 Å². The fourth-order valence-corrected chi connectivity index (χ4v) is 2.41. The van der Waals surface area contributed by atoms with E-state index in [-0.39, 0.29) is 17.2 Å². The van der Waals surface area contributed by atoms with Gasteiger partial charge in [0.2, 0.25) is 11.9 Å². The predicted molar refractivity (Wildman–Crippen MR) is 96.7 cm³/mol. The first-order valence-corrected chi connectivity index (χ1v) is 8.52. The van der Waals surface area contributed by atoms with Gasteiger partial charge in [0.25, 0.3) is 5.91 Å². The molecule has 2 heterocycles. The van der Waals surface area contributed by atoms with Crippen LogP contribution in [0, 0.1) is 6.92 Å². The zero-order valence-corrected chi connectivity index (χ0v) is 16.2. The van der Waals surface area contributed by atoms with Crippen LogP contribution in [-0.2, 0) is 9.63 Å². The minimum Gasteiger partial charge on any atom is -0.295 e. The van der Waals surface area contributed by atoms with Crippen molar-refractivity contribution < 1.29 is 27.6 Å². The van der Waals surface area contributed by atoms with Crippen molar-refractivity contribution in [3.8, 4) is 0 Å². The van der Waals surface area contributed by atoms with Crippen molar-refractivity contribution in [2.75, 3.05) is 5.32 Å². The van der Waals surface area contributed by atoms with Crippen molar-refractivity contribution in [1.82, 2.24) is 20.4 Å². The highest BCUT2D eigenvalue weighted by atomic mass is 19.4. The van der Waals surface area contributed by atoms with E-state index in [1.165, 1.54) is 44.4 Å². The van der Waals surface area contributed by atoms with Crippen molar-refractivity contribution in [2.24, 2.45) is 0 Å². The van der Waals surface area contributed by atoms with Gasteiger partial charge in [-0.05, 0) is 32.0 Å². The van der Waals surface area contributed by atoms with Gasteiger partial charge in [-0.15, -0.1) is 0 Å². The second-order valence-corrected chi connectivity index (χ2v) is 6.54. The summed E-state index contributed by atoms with van der Waals surface area (Å²) < 4.78 is 41.7. The Morgan fingerprint density at radius 2 is 1.93 bits per heavy atom. The number of pyridine rings is 1. The van der Waals surface area contributed by atoms with Crippen LogP contribution in [0.1, 0.15) is 48.4 Å². The van der Waals surface area contributed by atoms with E-state index >= 15 is 0 Å². The first kappa shape index (κ1) is 22.2. The smallest absolute Gasteiger partial charge is 0.295 e. The topological polar surface area (TPSA) is 106 Å². The summed E-state index contributed by atoms with van der Waals surface area (Å²) in [5.74, 6) is -2.82. The Morgan fingerprint density at radius 3 is 2.48 bits per heavy atom. The van der Waals surface area contributed by atoms with Crippen molar-refractivity contribution in [3.63, 3.8) is 0 Å². The number of rotatable bonds is 6.